The molecule has 1 aromatic carbocycles. The SMILES string of the molecule is O=C(c1ccccc1)N1CCN(C(=O)c2ccc(Cn3ccccc3=O)o2)CC1. The Hall–Kier alpha value is -3.61. The van der Waals surface area contributed by atoms with Crippen LogP contribution in [0.3, 0.4) is 0 Å². The second-order valence-corrected chi connectivity index (χ2v) is 6.88. The highest BCUT2D eigenvalue weighted by Gasteiger charge is 2.27. The zero-order valence-corrected chi connectivity index (χ0v) is 15.9. The molecule has 1 aliphatic heterocycles. The van der Waals surface area contributed by atoms with Crippen LogP contribution < -0.4 is 5.56 Å². The molecule has 148 valence electrons. The Morgan fingerprint density at radius 3 is 2.14 bits per heavy atom. The van der Waals surface area contributed by atoms with Crippen LogP contribution in [0.1, 0.15) is 26.7 Å². The van der Waals surface area contributed by atoms with Gasteiger partial charge in [-0.15, -0.1) is 0 Å². The summed E-state index contributed by atoms with van der Waals surface area (Å²) in [5.41, 5.74) is 0.523. The average Bonchev–Trinajstić information content (AvgIpc) is 3.24. The number of carbonyl (C=O) groups excluding carboxylic acids is 2. The molecule has 0 radical (unpaired) electrons. The highest BCUT2D eigenvalue weighted by molar-refractivity contribution is 5.95. The van der Waals surface area contributed by atoms with E-state index in [1.807, 2.05) is 18.2 Å². The largest absolute Gasteiger partial charge is 0.454 e. The van der Waals surface area contributed by atoms with Crippen LogP contribution in [0.15, 0.2) is 76.1 Å². The Bertz CT molecular complexity index is 1060. The van der Waals surface area contributed by atoms with Crippen LogP contribution in [-0.4, -0.2) is 52.4 Å². The van der Waals surface area contributed by atoms with Crippen molar-refractivity contribution in [2.75, 3.05) is 26.2 Å². The van der Waals surface area contributed by atoms with E-state index < -0.39 is 0 Å². The van der Waals surface area contributed by atoms with E-state index in [4.69, 9.17) is 4.42 Å². The average molecular weight is 391 g/mol. The van der Waals surface area contributed by atoms with Gasteiger partial charge in [-0.2, -0.15) is 0 Å². The Balaban J connectivity index is 1.36. The van der Waals surface area contributed by atoms with E-state index in [1.165, 1.54) is 10.6 Å². The molecule has 0 saturated carbocycles. The van der Waals surface area contributed by atoms with Crippen LogP contribution in [0.2, 0.25) is 0 Å². The standard InChI is InChI=1S/C22H21N3O4/c26-20-8-4-5-11-25(20)16-18-9-10-19(29-18)22(28)24-14-12-23(13-15-24)21(27)17-6-2-1-3-7-17/h1-11H,12-16H2. The molecule has 0 N–H and O–H groups in total. The van der Waals surface area contributed by atoms with Gasteiger partial charge in [0.1, 0.15) is 5.76 Å². The summed E-state index contributed by atoms with van der Waals surface area (Å²) in [5.74, 6) is 0.557. The minimum Gasteiger partial charge on any atom is -0.454 e. The molecular weight excluding hydrogens is 370 g/mol. The highest BCUT2D eigenvalue weighted by atomic mass is 16.4. The maximum atomic E-state index is 12.7. The van der Waals surface area contributed by atoms with Crippen LogP contribution in [-0.2, 0) is 6.54 Å². The van der Waals surface area contributed by atoms with Crippen LogP contribution >= 0.6 is 0 Å². The van der Waals surface area contributed by atoms with Gasteiger partial charge in [0.05, 0.1) is 6.54 Å². The summed E-state index contributed by atoms with van der Waals surface area (Å²) in [5, 5.41) is 0. The number of rotatable bonds is 4. The van der Waals surface area contributed by atoms with E-state index in [2.05, 4.69) is 0 Å². The lowest BCUT2D eigenvalue weighted by Crippen LogP contribution is -2.50. The Labute approximate surface area is 167 Å². The molecule has 1 saturated heterocycles. The monoisotopic (exact) mass is 391 g/mol. The van der Waals surface area contributed by atoms with Gasteiger partial charge in [-0.05, 0) is 30.3 Å². The van der Waals surface area contributed by atoms with Crippen LogP contribution in [0.5, 0.6) is 0 Å². The molecule has 7 nitrogen and oxygen atoms in total. The van der Waals surface area contributed by atoms with Gasteiger partial charge < -0.3 is 18.8 Å². The van der Waals surface area contributed by atoms with E-state index in [0.717, 1.165) is 0 Å². The Morgan fingerprint density at radius 1 is 0.793 bits per heavy atom. The predicted octanol–water partition coefficient (Wildman–Crippen LogP) is 2.09. The molecule has 3 heterocycles. The molecule has 7 heteroatoms. The first kappa shape index (κ1) is 18.7. The van der Waals surface area contributed by atoms with Crippen molar-refractivity contribution in [1.29, 1.82) is 0 Å². The van der Waals surface area contributed by atoms with Gasteiger partial charge in [-0.3, -0.25) is 14.4 Å². The van der Waals surface area contributed by atoms with Crippen molar-refractivity contribution < 1.29 is 14.0 Å². The fourth-order valence-corrected chi connectivity index (χ4v) is 3.37. The molecule has 0 spiro atoms. The number of nitrogens with zero attached hydrogens (tertiary/aromatic N) is 3. The minimum atomic E-state index is -0.205. The van der Waals surface area contributed by atoms with Gasteiger partial charge in [0.2, 0.25) is 0 Å². The van der Waals surface area contributed by atoms with Gasteiger partial charge in [-0.25, -0.2) is 0 Å². The van der Waals surface area contributed by atoms with Crippen molar-refractivity contribution in [2.45, 2.75) is 6.54 Å². The number of amides is 2. The van der Waals surface area contributed by atoms with Crippen molar-refractivity contribution in [1.82, 2.24) is 14.4 Å². The molecule has 0 atom stereocenters. The minimum absolute atomic E-state index is 0.0220. The summed E-state index contributed by atoms with van der Waals surface area (Å²) in [7, 11) is 0. The summed E-state index contributed by atoms with van der Waals surface area (Å²) in [4.78, 5) is 40.5. The first-order valence-electron chi connectivity index (χ1n) is 9.49. The first-order valence-corrected chi connectivity index (χ1v) is 9.49. The molecule has 0 unspecified atom stereocenters. The number of hydrogen-bond donors (Lipinski definition) is 0. The van der Waals surface area contributed by atoms with Gasteiger partial charge in [0.25, 0.3) is 17.4 Å². The molecule has 4 rings (SSSR count). The maximum absolute atomic E-state index is 12.7. The number of piperazine rings is 1. The normalized spacial score (nSPS) is 14.1. The van der Waals surface area contributed by atoms with Crippen LogP contribution in [0.25, 0.3) is 0 Å². The number of pyridine rings is 1. The number of hydrogen-bond acceptors (Lipinski definition) is 4. The summed E-state index contributed by atoms with van der Waals surface area (Å²) >= 11 is 0. The third kappa shape index (κ3) is 4.13. The molecule has 2 amide bonds. The highest BCUT2D eigenvalue weighted by Crippen LogP contribution is 2.15. The van der Waals surface area contributed by atoms with E-state index in [9.17, 15) is 14.4 Å². The van der Waals surface area contributed by atoms with Gasteiger partial charge in [0, 0.05) is 44.0 Å². The number of aromatic nitrogens is 1. The lowest BCUT2D eigenvalue weighted by Gasteiger charge is -2.34. The summed E-state index contributed by atoms with van der Waals surface area (Å²) in [6.45, 7) is 2.13. The van der Waals surface area contributed by atoms with E-state index >= 15 is 0 Å². The molecule has 1 fully saturated rings. The molecule has 29 heavy (non-hydrogen) atoms. The van der Waals surface area contributed by atoms with E-state index in [1.54, 1.807) is 52.4 Å². The topological polar surface area (TPSA) is 75.8 Å². The second kappa shape index (κ2) is 8.18. The molecule has 2 aromatic heterocycles. The van der Waals surface area contributed by atoms with Crippen LogP contribution in [0, 0.1) is 0 Å². The maximum Gasteiger partial charge on any atom is 0.289 e. The zero-order chi connectivity index (χ0) is 20.2. The molecule has 3 aromatic rings. The molecule has 1 aliphatic rings. The number of benzene rings is 1. The van der Waals surface area contributed by atoms with E-state index in [-0.39, 0.29) is 29.7 Å². The Kier molecular flexibility index (Phi) is 5.29. The van der Waals surface area contributed by atoms with Crippen molar-refractivity contribution in [3.63, 3.8) is 0 Å². The zero-order valence-electron chi connectivity index (χ0n) is 15.9. The Morgan fingerprint density at radius 2 is 1.45 bits per heavy atom. The summed E-state index contributed by atoms with van der Waals surface area (Å²) < 4.78 is 7.18. The third-order valence-electron chi connectivity index (χ3n) is 4.97. The lowest BCUT2D eigenvalue weighted by molar-refractivity contribution is 0.0517. The van der Waals surface area contributed by atoms with E-state index in [0.29, 0.717) is 37.5 Å². The molecular formula is C22H21N3O4. The molecule has 0 aliphatic carbocycles. The smallest absolute Gasteiger partial charge is 0.289 e. The fraction of sp³-hybridized carbons (Fsp3) is 0.227. The number of carbonyl (C=O) groups is 2. The quantitative estimate of drug-likeness (QED) is 0.683. The first-order chi connectivity index (χ1) is 14.1. The number of furan rings is 1. The fourth-order valence-electron chi connectivity index (χ4n) is 3.37. The third-order valence-corrected chi connectivity index (χ3v) is 4.97. The van der Waals surface area contributed by atoms with Gasteiger partial charge >= 0.3 is 0 Å². The van der Waals surface area contributed by atoms with Crippen LogP contribution in [0.4, 0.5) is 0 Å². The van der Waals surface area contributed by atoms with Crippen molar-refractivity contribution in [3.8, 4) is 0 Å². The molecule has 0 bridgehead atoms. The van der Waals surface area contributed by atoms with Crippen molar-refractivity contribution in [2.24, 2.45) is 0 Å². The second-order valence-electron chi connectivity index (χ2n) is 6.88. The lowest BCUT2D eigenvalue weighted by atomic mass is 10.2. The predicted molar refractivity (Wildman–Crippen MR) is 107 cm³/mol. The van der Waals surface area contributed by atoms with Gasteiger partial charge in [-0.1, -0.05) is 24.3 Å². The summed E-state index contributed by atoms with van der Waals surface area (Å²) in [6.07, 6.45) is 1.68. The van der Waals surface area contributed by atoms with Crippen molar-refractivity contribution in [3.05, 3.63) is 94.3 Å². The van der Waals surface area contributed by atoms with Gasteiger partial charge in [0.15, 0.2) is 5.76 Å². The summed E-state index contributed by atoms with van der Waals surface area (Å²) in [6, 6.07) is 17.4. The van der Waals surface area contributed by atoms with Crippen molar-refractivity contribution >= 4 is 11.8 Å².